The van der Waals surface area contributed by atoms with Crippen molar-refractivity contribution in [1.29, 1.82) is 0 Å². The van der Waals surface area contributed by atoms with E-state index in [1.54, 1.807) is 0 Å². The van der Waals surface area contributed by atoms with Crippen molar-refractivity contribution in [3.8, 4) is 0 Å². The highest BCUT2D eigenvalue weighted by molar-refractivity contribution is 5.00. The molecule has 0 amide bonds. The van der Waals surface area contributed by atoms with Gasteiger partial charge in [-0.15, -0.1) is 0 Å². The topological polar surface area (TPSA) is 3.88 Å². The zero-order valence-electron chi connectivity index (χ0n) is 6.56. The SMILES string of the molecule is Cc1cccc(C)[n+]1C.[Br-]. The van der Waals surface area contributed by atoms with Crippen molar-refractivity contribution in [2.45, 2.75) is 13.8 Å². The van der Waals surface area contributed by atoms with Crippen LogP contribution in [0, 0.1) is 13.8 Å². The molecule has 0 spiro atoms. The molecule has 2 heteroatoms. The largest absolute Gasteiger partial charge is 1.00 e. The summed E-state index contributed by atoms with van der Waals surface area (Å²) in [5, 5.41) is 0. The van der Waals surface area contributed by atoms with Gasteiger partial charge in [-0.25, -0.2) is 4.57 Å². The van der Waals surface area contributed by atoms with E-state index in [2.05, 4.69) is 43.7 Å². The van der Waals surface area contributed by atoms with Crippen LogP contribution in [0.4, 0.5) is 0 Å². The maximum absolute atomic E-state index is 2.17. The van der Waals surface area contributed by atoms with E-state index >= 15 is 0 Å². The first-order chi connectivity index (χ1) is 4.22. The van der Waals surface area contributed by atoms with Gasteiger partial charge in [0.1, 0.15) is 7.05 Å². The molecule has 1 heterocycles. The van der Waals surface area contributed by atoms with Gasteiger partial charge in [-0.1, -0.05) is 0 Å². The predicted octanol–water partition coefficient (Wildman–Crippen LogP) is -1.87. The van der Waals surface area contributed by atoms with E-state index in [1.807, 2.05) is 0 Å². The monoisotopic (exact) mass is 201 g/mol. The van der Waals surface area contributed by atoms with E-state index in [0.29, 0.717) is 0 Å². The van der Waals surface area contributed by atoms with Crippen molar-refractivity contribution in [2.24, 2.45) is 7.05 Å². The Hall–Kier alpha value is -0.370. The zero-order valence-corrected chi connectivity index (χ0v) is 8.14. The van der Waals surface area contributed by atoms with Crippen molar-refractivity contribution in [2.75, 3.05) is 0 Å². The highest BCUT2D eigenvalue weighted by atomic mass is 79.9. The summed E-state index contributed by atoms with van der Waals surface area (Å²) >= 11 is 0. The lowest BCUT2D eigenvalue weighted by atomic mass is 10.3. The van der Waals surface area contributed by atoms with Crippen molar-refractivity contribution in [3.63, 3.8) is 0 Å². The lowest BCUT2D eigenvalue weighted by Gasteiger charge is -1.94. The van der Waals surface area contributed by atoms with Crippen LogP contribution in [0.1, 0.15) is 11.4 Å². The van der Waals surface area contributed by atoms with Crippen molar-refractivity contribution in [1.82, 2.24) is 0 Å². The Labute approximate surface area is 72.5 Å². The van der Waals surface area contributed by atoms with Crippen LogP contribution in [-0.2, 0) is 7.05 Å². The molecule has 0 saturated carbocycles. The standard InChI is InChI=1S/C8H12N.BrH/c1-7-5-4-6-8(2)9(7)3;/h4-6H,1-3H3;1H/q+1;/p-1. The Bertz CT molecular complexity index is 200. The van der Waals surface area contributed by atoms with Crippen LogP contribution in [0.25, 0.3) is 0 Å². The molecule has 1 rings (SSSR count). The molecule has 0 aromatic carbocycles. The molecule has 1 aromatic rings. The van der Waals surface area contributed by atoms with E-state index in [-0.39, 0.29) is 17.0 Å². The summed E-state index contributed by atoms with van der Waals surface area (Å²) in [4.78, 5) is 0. The average molecular weight is 202 g/mol. The number of aryl methyl sites for hydroxylation is 2. The van der Waals surface area contributed by atoms with Gasteiger partial charge in [0.25, 0.3) is 0 Å². The van der Waals surface area contributed by atoms with Gasteiger partial charge in [-0.05, 0) is 6.07 Å². The number of hydrogen-bond acceptors (Lipinski definition) is 0. The fraction of sp³-hybridized carbons (Fsp3) is 0.375. The summed E-state index contributed by atoms with van der Waals surface area (Å²) in [5.41, 5.74) is 2.60. The molecule has 0 radical (unpaired) electrons. The van der Waals surface area contributed by atoms with Crippen molar-refractivity contribution >= 4 is 0 Å². The zero-order chi connectivity index (χ0) is 6.85. The summed E-state index contributed by atoms with van der Waals surface area (Å²) in [5.74, 6) is 0. The number of nitrogens with zero attached hydrogens (tertiary/aromatic N) is 1. The Morgan fingerprint density at radius 2 is 1.50 bits per heavy atom. The van der Waals surface area contributed by atoms with Gasteiger partial charge < -0.3 is 17.0 Å². The smallest absolute Gasteiger partial charge is 0.178 e. The maximum atomic E-state index is 2.17. The van der Waals surface area contributed by atoms with Gasteiger partial charge in [0.05, 0.1) is 0 Å². The molecule has 0 aliphatic carbocycles. The summed E-state index contributed by atoms with van der Waals surface area (Å²) in [6.07, 6.45) is 0. The van der Waals surface area contributed by atoms with Gasteiger partial charge >= 0.3 is 0 Å². The molecule has 0 N–H and O–H groups in total. The summed E-state index contributed by atoms with van der Waals surface area (Å²) in [6, 6.07) is 6.28. The second-order valence-corrected chi connectivity index (χ2v) is 2.37. The first kappa shape index (κ1) is 9.63. The van der Waals surface area contributed by atoms with Gasteiger partial charge in [-0.2, -0.15) is 0 Å². The molecule has 0 bridgehead atoms. The van der Waals surface area contributed by atoms with Gasteiger partial charge in [0.15, 0.2) is 11.4 Å². The Kier molecular flexibility index (Phi) is 3.58. The molecule has 0 saturated heterocycles. The molecular weight excluding hydrogens is 190 g/mol. The molecule has 0 atom stereocenters. The third-order valence-corrected chi connectivity index (χ3v) is 1.73. The number of halogens is 1. The molecule has 1 nitrogen and oxygen atoms in total. The second-order valence-electron chi connectivity index (χ2n) is 2.37. The lowest BCUT2D eigenvalue weighted by molar-refractivity contribution is -0.683. The van der Waals surface area contributed by atoms with Crippen LogP contribution in [0.2, 0.25) is 0 Å². The summed E-state index contributed by atoms with van der Waals surface area (Å²) < 4.78 is 2.17. The highest BCUT2D eigenvalue weighted by Gasteiger charge is 2.00. The average Bonchev–Trinajstić information content (AvgIpc) is 1.83. The summed E-state index contributed by atoms with van der Waals surface area (Å²) in [6.45, 7) is 4.21. The van der Waals surface area contributed by atoms with Crippen molar-refractivity contribution in [3.05, 3.63) is 29.6 Å². The first-order valence-electron chi connectivity index (χ1n) is 3.14. The number of aromatic nitrogens is 1. The molecule has 1 aromatic heterocycles. The minimum atomic E-state index is 0. The quantitative estimate of drug-likeness (QED) is 0.434. The number of hydrogen-bond donors (Lipinski definition) is 0. The third-order valence-electron chi connectivity index (χ3n) is 1.73. The van der Waals surface area contributed by atoms with E-state index in [1.165, 1.54) is 11.4 Å². The fourth-order valence-electron chi connectivity index (χ4n) is 0.828. The maximum Gasteiger partial charge on any atom is 0.178 e. The fourth-order valence-corrected chi connectivity index (χ4v) is 0.828. The molecule has 10 heavy (non-hydrogen) atoms. The van der Waals surface area contributed by atoms with Crippen LogP contribution in [0.5, 0.6) is 0 Å². The van der Waals surface area contributed by atoms with Crippen molar-refractivity contribution < 1.29 is 21.5 Å². The van der Waals surface area contributed by atoms with E-state index < -0.39 is 0 Å². The molecular formula is C8H12BrN. The highest BCUT2D eigenvalue weighted by Crippen LogP contribution is 1.90. The van der Waals surface area contributed by atoms with Crippen LogP contribution in [-0.4, -0.2) is 0 Å². The molecule has 0 fully saturated rings. The predicted molar refractivity (Wildman–Crippen MR) is 37.1 cm³/mol. The van der Waals surface area contributed by atoms with E-state index in [9.17, 15) is 0 Å². The Balaban J connectivity index is 0.000000810. The summed E-state index contributed by atoms with van der Waals surface area (Å²) in [7, 11) is 2.07. The Morgan fingerprint density at radius 3 is 1.80 bits per heavy atom. The Morgan fingerprint density at radius 1 is 1.10 bits per heavy atom. The van der Waals surface area contributed by atoms with E-state index in [4.69, 9.17) is 0 Å². The van der Waals surface area contributed by atoms with Crippen LogP contribution >= 0.6 is 0 Å². The number of pyridine rings is 1. The minimum Gasteiger partial charge on any atom is -1.00 e. The van der Waals surface area contributed by atoms with Gasteiger partial charge in [0, 0.05) is 26.0 Å². The van der Waals surface area contributed by atoms with Crippen LogP contribution < -0.4 is 21.5 Å². The van der Waals surface area contributed by atoms with E-state index in [0.717, 1.165) is 0 Å². The minimum absolute atomic E-state index is 0. The van der Waals surface area contributed by atoms with Crippen LogP contribution in [0.3, 0.4) is 0 Å². The molecule has 56 valence electrons. The normalized spacial score (nSPS) is 8.70. The van der Waals surface area contributed by atoms with Gasteiger partial charge in [0.2, 0.25) is 0 Å². The lowest BCUT2D eigenvalue weighted by Crippen LogP contribution is -3.00. The second kappa shape index (κ2) is 3.71. The number of rotatable bonds is 0. The first-order valence-corrected chi connectivity index (χ1v) is 3.14. The van der Waals surface area contributed by atoms with Crippen LogP contribution in [0.15, 0.2) is 18.2 Å². The molecule has 0 aliphatic rings. The third kappa shape index (κ3) is 1.81. The molecule has 0 aliphatic heterocycles. The molecule has 0 unspecified atom stereocenters. The van der Waals surface area contributed by atoms with Gasteiger partial charge in [-0.3, -0.25) is 0 Å².